The van der Waals surface area contributed by atoms with E-state index in [1.165, 1.54) is 32.1 Å². The molecule has 0 spiro atoms. The third kappa shape index (κ3) is 7.23. The van der Waals surface area contributed by atoms with Gasteiger partial charge < -0.3 is 10.1 Å². The smallest absolute Gasteiger partial charge is 0.407 e. The molecule has 6 nitrogen and oxygen atoms in total. The highest BCUT2D eigenvalue weighted by Gasteiger charge is 2.26. The van der Waals surface area contributed by atoms with Crippen LogP contribution in [0.15, 0.2) is 5.11 Å². The van der Waals surface area contributed by atoms with E-state index in [0.717, 1.165) is 6.42 Å². The molecule has 0 aliphatic heterocycles. The summed E-state index contributed by atoms with van der Waals surface area (Å²) in [6.07, 6.45) is 6.58. The molecule has 1 rings (SSSR count). The van der Waals surface area contributed by atoms with Crippen molar-refractivity contribution >= 4 is 6.09 Å². The Morgan fingerprint density at radius 2 is 2.00 bits per heavy atom. The maximum atomic E-state index is 12.0. The first-order valence-electron chi connectivity index (χ1n) is 7.85. The molecule has 0 aromatic rings. The average Bonchev–Trinajstić information content (AvgIpc) is 2.37. The molecule has 1 fully saturated rings. The number of rotatable bonds is 5. The summed E-state index contributed by atoms with van der Waals surface area (Å²) in [5.41, 5.74) is 8.10. The van der Waals surface area contributed by atoms with Crippen molar-refractivity contribution < 1.29 is 9.53 Å². The van der Waals surface area contributed by atoms with Crippen LogP contribution in [0, 0.1) is 5.92 Å². The molecule has 21 heavy (non-hydrogen) atoms. The van der Waals surface area contributed by atoms with Gasteiger partial charge in [0.2, 0.25) is 0 Å². The van der Waals surface area contributed by atoms with Gasteiger partial charge in [0.1, 0.15) is 5.60 Å². The number of hydrogen-bond donors (Lipinski definition) is 1. The molecular formula is C15H28N4O2. The minimum Gasteiger partial charge on any atom is -0.444 e. The minimum atomic E-state index is -0.527. The number of nitrogens with one attached hydrogen (secondary N) is 1. The van der Waals surface area contributed by atoms with Crippen molar-refractivity contribution in [2.75, 3.05) is 0 Å². The molecule has 0 aromatic carbocycles. The van der Waals surface area contributed by atoms with E-state index >= 15 is 0 Å². The zero-order valence-electron chi connectivity index (χ0n) is 13.6. The molecule has 120 valence electrons. The Morgan fingerprint density at radius 1 is 1.38 bits per heavy atom. The lowest BCUT2D eigenvalue weighted by Crippen LogP contribution is -2.45. The fraction of sp³-hybridized carbons (Fsp3) is 0.933. The molecule has 0 unspecified atom stereocenters. The van der Waals surface area contributed by atoms with Crippen LogP contribution in [0.5, 0.6) is 0 Å². The van der Waals surface area contributed by atoms with Gasteiger partial charge in [-0.15, -0.1) is 0 Å². The first-order valence-corrected chi connectivity index (χ1v) is 7.85. The normalized spacial score (nSPS) is 19.2. The third-order valence-corrected chi connectivity index (χ3v) is 3.83. The van der Waals surface area contributed by atoms with Crippen molar-refractivity contribution in [3.05, 3.63) is 10.4 Å². The summed E-state index contributed by atoms with van der Waals surface area (Å²) in [5, 5.41) is 6.63. The Kier molecular flexibility index (Phi) is 6.82. The van der Waals surface area contributed by atoms with Gasteiger partial charge in [0.05, 0.1) is 6.04 Å². The number of amides is 1. The second kappa shape index (κ2) is 8.13. The van der Waals surface area contributed by atoms with Crippen LogP contribution < -0.4 is 5.32 Å². The second-order valence-electron chi connectivity index (χ2n) is 6.94. The molecule has 1 saturated carbocycles. The Bertz CT molecular complexity index is 380. The van der Waals surface area contributed by atoms with E-state index in [2.05, 4.69) is 15.3 Å². The largest absolute Gasteiger partial charge is 0.444 e. The summed E-state index contributed by atoms with van der Waals surface area (Å²) >= 11 is 0. The molecule has 0 aromatic heterocycles. The molecule has 1 aliphatic carbocycles. The standard InChI is InChI=1S/C15H28N4O2/c1-11(18-19-16)13(10-12-8-6-5-7-9-12)17-14(20)21-15(2,3)4/h11-13H,5-10H2,1-4H3,(H,17,20)/t11-,13+/m1/s1. The molecule has 1 amide bonds. The molecule has 0 saturated heterocycles. The van der Waals surface area contributed by atoms with Gasteiger partial charge in [0.15, 0.2) is 0 Å². The highest BCUT2D eigenvalue weighted by molar-refractivity contribution is 5.68. The van der Waals surface area contributed by atoms with Gasteiger partial charge in [0, 0.05) is 11.0 Å². The summed E-state index contributed by atoms with van der Waals surface area (Å²) < 4.78 is 5.30. The van der Waals surface area contributed by atoms with Gasteiger partial charge in [-0.3, -0.25) is 0 Å². The van der Waals surface area contributed by atoms with Gasteiger partial charge in [-0.1, -0.05) is 44.1 Å². The van der Waals surface area contributed by atoms with Crippen molar-refractivity contribution in [1.29, 1.82) is 0 Å². The maximum Gasteiger partial charge on any atom is 0.407 e. The number of ether oxygens (including phenoxy) is 1. The number of azide groups is 1. The fourth-order valence-electron chi connectivity index (χ4n) is 2.78. The van der Waals surface area contributed by atoms with E-state index in [0.29, 0.717) is 5.92 Å². The summed E-state index contributed by atoms with van der Waals surface area (Å²) in [7, 11) is 0. The van der Waals surface area contributed by atoms with Crippen LogP contribution in [-0.2, 0) is 4.74 Å². The van der Waals surface area contributed by atoms with Gasteiger partial charge in [-0.25, -0.2) is 4.79 Å². The van der Waals surface area contributed by atoms with Crippen molar-refractivity contribution in [1.82, 2.24) is 5.32 Å². The molecule has 1 aliphatic rings. The summed E-state index contributed by atoms with van der Waals surface area (Å²) in [4.78, 5) is 14.8. The number of carbonyl (C=O) groups is 1. The van der Waals surface area contributed by atoms with E-state index < -0.39 is 11.7 Å². The van der Waals surface area contributed by atoms with Crippen molar-refractivity contribution in [3.63, 3.8) is 0 Å². The Labute approximate surface area is 127 Å². The highest BCUT2D eigenvalue weighted by Crippen LogP contribution is 2.28. The van der Waals surface area contributed by atoms with Crippen molar-refractivity contribution in [3.8, 4) is 0 Å². The lowest BCUT2D eigenvalue weighted by atomic mass is 9.83. The van der Waals surface area contributed by atoms with Crippen molar-refractivity contribution in [2.45, 2.75) is 83.9 Å². The summed E-state index contributed by atoms with van der Waals surface area (Å²) in [6.45, 7) is 7.34. The fourth-order valence-corrected chi connectivity index (χ4v) is 2.78. The van der Waals surface area contributed by atoms with Crippen LogP contribution in [0.25, 0.3) is 10.4 Å². The first kappa shape index (κ1) is 17.6. The lowest BCUT2D eigenvalue weighted by molar-refractivity contribution is 0.0488. The third-order valence-electron chi connectivity index (χ3n) is 3.83. The average molecular weight is 296 g/mol. The molecule has 0 heterocycles. The minimum absolute atomic E-state index is 0.168. The zero-order chi connectivity index (χ0) is 15.9. The lowest BCUT2D eigenvalue weighted by Gasteiger charge is -2.30. The van der Waals surface area contributed by atoms with Gasteiger partial charge in [-0.05, 0) is 38.6 Å². The number of hydrogen-bond acceptors (Lipinski definition) is 3. The number of carbonyl (C=O) groups excluding carboxylic acids is 1. The quantitative estimate of drug-likeness (QED) is 0.458. The Morgan fingerprint density at radius 3 is 2.52 bits per heavy atom. The molecular weight excluding hydrogens is 268 g/mol. The molecule has 1 N–H and O–H groups in total. The monoisotopic (exact) mass is 296 g/mol. The van der Waals surface area contributed by atoms with Crippen LogP contribution in [0.3, 0.4) is 0 Å². The van der Waals surface area contributed by atoms with Crippen LogP contribution in [0.4, 0.5) is 4.79 Å². The highest BCUT2D eigenvalue weighted by atomic mass is 16.6. The van der Waals surface area contributed by atoms with Gasteiger partial charge in [0.25, 0.3) is 0 Å². The maximum absolute atomic E-state index is 12.0. The predicted molar refractivity (Wildman–Crippen MR) is 83.0 cm³/mol. The number of nitrogens with zero attached hydrogens (tertiary/aromatic N) is 3. The van der Waals surface area contributed by atoms with E-state index in [1.807, 2.05) is 27.7 Å². The van der Waals surface area contributed by atoms with Crippen molar-refractivity contribution in [2.24, 2.45) is 11.0 Å². The van der Waals surface area contributed by atoms with E-state index in [-0.39, 0.29) is 12.1 Å². The molecule has 0 radical (unpaired) electrons. The Hall–Kier alpha value is -1.42. The van der Waals surface area contributed by atoms with Gasteiger partial charge >= 0.3 is 6.09 Å². The van der Waals surface area contributed by atoms with Crippen LogP contribution in [-0.4, -0.2) is 23.8 Å². The van der Waals surface area contributed by atoms with Crippen LogP contribution in [0.1, 0.15) is 66.2 Å². The van der Waals surface area contributed by atoms with E-state index in [4.69, 9.17) is 10.3 Å². The molecule has 0 bridgehead atoms. The van der Waals surface area contributed by atoms with Gasteiger partial charge in [-0.2, -0.15) is 0 Å². The zero-order valence-corrected chi connectivity index (χ0v) is 13.6. The van der Waals surface area contributed by atoms with Crippen LogP contribution >= 0.6 is 0 Å². The first-order chi connectivity index (χ1) is 9.81. The molecule has 2 atom stereocenters. The van der Waals surface area contributed by atoms with Crippen LogP contribution in [0.2, 0.25) is 0 Å². The molecule has 6 heteroatoms. The topological polar surface area (TPSA) is 87.1 Å². The second-order valence-corrected chi connectivity index (χ2v) is 6.94. The summed E-state index contributed by atoms with van der Waals surface area (Å²) in [6, 6.07) is -0.441. The van der Waals surface area contributed by atoms with E-state index in [1.54, 1.807) is 0 Å². The van der Waals surface area contributed by atoms with E-state index in [9.17, 15) is 4.79 Å². The SMILES string of the molecule is C[C@@H](N=[N+]=[N-])[C@H](CC1CCCCC1)NC(=O)OC(C)(C)C. The summed E-state index contributed by atoms with van der Waals surface area (Å²) in [5.74, 6) is 0.593. The Balaban J connectivity index is 2.63. The number of alkyl carbamates (subject to hydrolysis) is 1. The predicted octanol–water partition coefficient (Wildman–Crippen LogP) is 4.55.